The van der Waals surface area contributed by atoms with Gasteiger partial charge in [-0.05, 0) is 49.4 Å². The highest BCUT2D eigenvalue weighted by Gasteiger charge is 2.30. The average molecular weight is 1440 g/mol. The van der Waals surface area contributed by atoms with E-state index in [9.17, 15) is 43.2 Å². The van der Waals surface area contributed by atoms with Crippen molar-refractivity contribution in [2.45, 2.75) is 420 Å². The van der Waals surface area contributed by atoms with Gasteiger partial charge in [0.05, 0.1) is 26.4 Å². The molecule has 0 amide bonds. The first-order valence-corrected chi connectivity index (χ1v) is 43.7. The molecule has 0 aromatic carbocycles. The van der Waals surface area contributed by atoms with Crippen LogP contribution in [0, 0.1) is 23.7 Å². The molecule has 0 saturated carbocycles. The Morgan fingerprint density at radius 3 is 0.724 bits per heavy atom. The van der Waals surface area contributed by atoms with Crippen molar-refractivity contribution in [3.8, 4) is 0 Å². The summed E-state index contributed by atoms with van der Waals surface area (Å²) in [6, 6.07) is 0. The summed E-state index contributed by atoms with van der Waals surface area (Å²) in [5, 5.41) is 10.6. The van der Waals surface area contributed by atoms with Crippen molar-refractivity contribution < 1.29 is 80.2 Å². The molecular formula is C79H154O17P2. The van der Waals surface area contributed by atoms with Gasteiger partial charge in [0.15, 0.2) is 12.2 Å². The lowest BCUT2D eigenvalue weighted by Crippen LogP contribution is -2.30. The normalized spacial score (nSPS) is 14.3. The third kappa shape index (κ3) is 71.1. The van der Waals surface area contributed by atoms with Gasteiger partial charge in [-0.2, -0.15) is 0 Å². The van der Waals surface area contributed by atoms with Gasteiger partial charge < -0.3 is 33.8 Å². The molecule has 0 rings (SSSR count). The first kappa shape index (κ1) is 96.1. The summed E-state index contributed by atoms with van der Waals surface area (Å²) in [4.78, 5) is 72.9. The zero-order chi connectivity index (χ0) is 72.4. The second-order valence-electron chi connectivity index (χ2n) is 30.1. The maximum atomic E-state index is 13.1. The summed E-state index contributed by atoms with van der Waals surface area (Å²) in [5.41, 5.74) is 0. The van der Waals surface area contributed by atoms with Crippen LogP contribution >= 0.6 is 15.6 Å². The Morgan fingerprint density at radius 1 is 0.286 bits per heavy atom. The number of hydrogen-bond acceptors (Lipinski definition) is 15. The summed E-state index contributed by atoms with van der Waals surface area (Å²) in [7, 11) is -9.92. The van der Waals surface area contributed by atoms with Crippen molar-refractivity contribution in [3.63, 3.8) is 0 Å². The molecule has 19 heteroatoms. The fourth-order valence-electron chi connectivity index (χ4n) is 12.0. The molecule has 0 aromatic heterocycles. The summed E-state index contributed by atoms with van der Waals surface area (Å²) < 4.78 is 68.6. The van der Waals surface area contributed by atoms with Gasteiger partial charge in [-0.25, -0.2) is 9.13 Å². The lowest BCUT2D eigenvalue weighted by atomic mass is 9.99. The van der Waals surface area contributed by atoms with E-state index in [-0.39, 0.29) is 25.7 Å². The third-order valence-electron chi connectivity index (χ3n) is 18.7. The third-order valence-corrected chi connectivity index (χ3v) is 20.6. The Bertz CT molecular complexity index is 1920. The first-order chi connectivity index (χ1) is 47.1. The van der Waals surface area contributed by atoms with E-state index in [4.69, 9.17) is 37.0 Å². The standard InChI is InChI=1S/C79H154O17P2/c1-9-72(8)58-50-42-33-27-20-16-13-14-18-22-30-36-46-54-62-79(84)96-75(66-90-77(82)60-52-44-38-37-41-49-57-71(6)7)68-94-98(87,88)92-64-73(80)63-91-97(85,86)93-67-74(65-89-76(81)59-51-43-34-28-24-23-26-32-40-48-56-70(4)5)95-78(83)61-53-45-35-29-21-17-12-10-11-15-19-25-31-39-47-55-69(2)3/h69-75,80H,9-68H2,1-8H3,(H,85,86)(H,87,88)/t72?,73-,74-,75-/m1/s1. The van der Waals surface area contributed by atoms with Crippen LogP contribution in [0.3, 0.4) is 0 Å². The minimum atomic E-state index is -4.96. The number of carbonyl (C=O) groups excluding carboxylic acids is 4. The molecule has 0 aliphatic rings. The van der Waals surface area contributed by atoms with Crippen molar-refractivity contribution in [2.75, 3.05) is 39.6 Å². The number of rotatable bonds is 76. The molecule has 0 radical (unpaired) electrons. The predicted molar refractivity (Wildman–Crippen MR) is 400 cm³/mol. The molecule has 0 heterocycles. The van der Waals surface area contributed by atoms with Gasteiger partial charge in [-0.1, -0.05) is 351 Å². The highest BCUT2D eigenvalue weighted by molar-refractivity contribution is 7.47. The van der Waals surface area contributed by atoms with Gasteiger partial charge in [0.1, 0.15) is 19.3 Å². The molecule has 0 spiro atoms. The minimum Gasteiger partial charge on any atom is -0.462 e. The number of esters is 4. The van der Waals surface area contributed by atoms with Crippen LogP contribution < -0.4 is 0 Å². The van der Waals surface area contributed by atoms with Crippen LogP contribution in [0.25, 0.3) is 0 Å². The molecule has 17 nitrogen and oxygen atoms in total. The van der Waals surface area contributed by atoms with E-state index in [1.54, 1.807) is 0 Å². The molecule has 0 aliphatic carbocycles. The Hall–Kier alpha value is -1.94. The van der Waals surface area contributed by atoms with E-state index in [0.717, 1.165) is 114 Å². The van der Waals surface area contributed by atoms with E-state index in [0.29, 0.717) is 31.6 Å². The van der Waals surface area contributed by atoms with Crippen LogP contribution in [0.2, 0.25) is 0 Å². The highest BCUT2D eigenvalue weighted by Crippen LogP contribution is 2.45. The van der Waals surface area contributed by atoms with Crippen molar-refractivity contribution in [1.82, 2.24) is 0 Å². The summed E-state index contributed by atoms with van der Waals surface area (Å²) >= 11 is 0. The highest BCUT2D eigenvalue weighted by atomic mass is 31.2. The molecule has 0 fully saturated rings. The number of aliphatic hydroxyl groups is 1. The fourth-order valence-corrected chi connectivity index (χ4v) is 13.6. The molecule has 0 aromatic rings. The van der Waals surface area contributed by atoms with Crippen molar-refractivity contribution >= 4 is 39.5 Å². The number of unbranched alkanes of at least 4 members (excludes halogenated alkanes) is 41. The quantitative estimate of drug-likeness (QED) is 0.0222. The summed E-state index contributed by atoms with van der Waals surface area (Å²) in [6.07, 6.45) is 54.2. The Labute approximate surface area is 600 Å². The molecule has 6 atom stereocenters. The molecule has 98 heavy (non-hydrogen) atoms. The number of hydrogen-bond donors (Lipinski definition) is 3. The number of aliphatic hydroxyl groups excluding tert-OH is 1. The van der Waals surface area contributed by atoms with Crippen molar-refractivity contribution in [1.29, 1.82) is 0 Å². The lowest BCUT2D eigenvalue weighted by molar-refractivity contribution is -0.161. The second kappa shape index (κ2) is 68.2. The van der Waals surface area contributed by atoms with E-state index >= 15 is 0 Å². The van der Waals surface area contributed by atoms with Crippen LogP contribution in [0.15, 0.2) is 0 Å². The van der Waals surface area contributed by atoms with Crippen molar-refractivity contribution in [3.05, 3.63) is 0 Å². The predicted octanol–water partition coefficient (Wildman–Crippen LogP) is 23.2. The zero-order valence-electron chi connectivity index (χ0n) is 64.4. The number of phosphoric ester groups is 2. The molecule has 582 valence electrons. The number of carbonyl (C=O) groups is 4. The number of phosphoric acid groups is 2. The van der Waals surface area contributed by atoms with Gasteiger partial charge >= 0.3 is 39.5 Å². The second-order valence-corrected chi connectivity index (χ2v) is 33.0. The van der Waals surface area contributed by atoms with Crippen LogP contribution in [0.5, 0.6) is 0 Å². The van der Waals surface area contributed by atoms with Crippen LogP contribution in [0.1, 0.15) is 402 Å². The largest absolute Gasteiger partial charge is 0.472 e. The smallest absolute Gasteiger partial charge is 0.462 e. The van der Waals surface area contributed by atoms with Gasteiger partial charge in [0, 0.05) is 25.7 Å². The minimum absolute atomic E-state index is 0.106. The fraction of sp³-hybridized carbons (Fsp3) is 0.949. The van der Waals surface area contributed by atoms with Crippen LogP contribution in [-0.4, -0.2) is 96.7 Å². The van der Waals surface area contributed by atoms with Gasteiger partial charge in [0.25, 0.3) is 0 Å². The summed E-state index contributed by atoms with van der Waals surface area (Å²) in [5.74, 6) is 0.968. The number of ether oxygens (including phenoxy) is 4. The van der Waals surface area contributed by atoms with Crippen LogP contribution in [0.4, 0.5) is 0 Å². The average Bonchev–Trinajstić information content (AvgIpc) is 1.24. The van der Waals surface area contributed by atoms with E-state index in [1.807, 2.05) is 0 Å². The SMILES string of the molecule is CCC(C)CCCCCCCCCCCCCCCCC(=O)O[C@H](COC(=O)CCCCCCCCC(C)C)COP(=O)(O)OC[C@H](O)COP(=O)(O)OC[C@@H](COC(=O)CCCCCCCCCCCCC(C)C)OC(=O)CCCCCCCCCCCCCCCCCC(C)C. The molecule has 0 aliphatic heterocycles. The van der Waals surface area contributed by atoms with Gasteiger partial charge in [-0.3, -0.25) is 37.3 Å². The first-order valence-electron chi connectivity index (χ1n) is 40.7. The lowest BCUT2D eigenvalue weighted by Gasteiger charge is -2.21. The van der Waals surface area contributed by atoms with E-state index in [2.05, 4.69) is 55.4 Å². The molecule has 0 bridgehead atoms. The van der Waals surface area contributed by atoms with Gasteiger partial charge in [-0.15, -0.1) is 0 Å². The Kier molecular flexibility index (Phi) is 66.8. The molecule has 3 N–H and O–H groups in total. The zero-order valence-corrected chi connectivity index (χ0v) is 66.2. The topological polar surface area (TPSA) is 237 Å². The Morgan fingerprint density at radius 2 is 0.490 bits per heavy atom. The van der Waals surface area contributed by atoms with Crippen molar-refractivity contribution in [2.24, 2.45) is 23.7 Å². The molecular weight excluding hydrogens is 1280 g/mol. The van der Waals surface area contributed by atoms with Crippen LogP contribution in [-0.2, 0) is 65.4 Å². The monoisotopic (exact) mass is 1440 g/mol. The van der Waals surface area contributed by atoms with Gasteiger partial charge in [0.2, 0.25) is 0 Å². The van der Waals surface area contributed by atoms with E-state index < -0.39 is 97.5 Å². The molecule has 3 unspecified atom stereocenters. The van der Waals surface area contributed by atoms with E-state index in [1.165, 1.54) is 199 Å². The Balaban J connectivity index is 5.22. The summed E-state index contributed by atoms with van der Waals surface area (Å²) in [6.45, 7) is 14.2. The maximum Gasteiger partial charge on any atom is 0.472 e. The molecule has 0 saturated heterocycles. The maximum absolute atomic E-state index is 13.1.